The van der Waals surface area contributed by atoms with Crippen molar-refractivity contribution in [2.75, 3.05) is 19.7 Å². The number of ketones is 1. The number of carbonyl (C=O) groups excluding carboxylic acids is 1. The van der Waals surface area contributed by atoms with E-state index in [0.717, 1.165) is 42.8 Å². The van der Waals surface area contributed by atoms with Crippen LogP contribution in [-0.2, 0) is 0 Å². The first-order chi connectivity index (χ1) is 8.72. The van der Waals surface area contributed by atoms with Crippen LogP contribution < -0.4 is 10.1 Å². The Labute approximate surface area is 109 Å². The van der Waals surface area contributed by atoms with Crippen molar-refractivity contribution in [2.24, 2.45) is 5.92 Å². The van der Waals surface area contributed by atoms with E-state index < -0.39 is 0 Å². The number of benzene rings is 1. The third-order valence-corrected chi connectivity index (χ3v) is 3.43. The van der Waals surface area contributed by atoms with Crippen LogP contribution in [0.25, 0.3) is 0 Å². The number of hydrogen-bond acceptors (Lipinski definition) is 3. The van der Waals surface area contributed by atoms with Crippen molar-refractivity contribution < 1.29 is 9.53 Å². The van der Waals surface area contributed by atoms with E-state index in [4.69, 9.17) is 4.74 Å². The molecule has 1 saturated heterocycles. The Kier molecular flexibility index (Phi) is 4.37. The van der Waals surface area contributed by atoms with E-state index in [2.05, 4.69) is 5.32 Å². The van der Waals surface area contributed by atoms with Gasteiger partial charge < -0.3 is 10.1 Å². The fourth-order valence-electron chi connectivity index (χ4n) is 2.43. The smallest absolute Gasteiger partial charge is 0.167 e. The molecular formula is C15H21NO2. The SMILES string of the molecule is CCOc1ccc(C(=O)C2CCCNC2)cc1C. The molecule has 0 radical (unpaired) electrons. The standard InChI is InChI=1S/C15H21NO2/c1-3-18-14-7-6-12(9-11(14)2)15(17)13-5-4-8-16-10-13/h6-7,9,13,16H,3-5,8,10H2,1-2H3. The molecule has 1 aliphatic rings. The molecule has 3 nitrogen and oxygen atoms in total. The Morgan fingerprint density at radius 1 is 1.50 bits per heavy atom. The lowest BCUT2D eigenvalue weighted by atomic mass is 9.90. The lowest BCUT2D eigenvalue weighted by Crippen LogP contribution is -2.34. The minimum Gasteiger partial charge on any atom is -0.494 e. The number of ether oxygens (including phenoxy) is 1. The van der Waals surface area contributed by atoms with Gasteiger partial charge in [-0.05, 0) is 57.0 Å². The number of hydrogen-bond donors (Lipinski definition) is 1. The lowest BCUT2D eigenvalue weighted by Gasteiger charge is -2.21. The second kappa shape index (κ2) is 6.01. The molecule has 1 aromatic carbocycles. The highest BCUT2D eigenvalue weighted by molar-refractivity contribution is 5.98. The summed E-state index contributed by atoms with van der Waals surface area (Å²) in [5.74, 6) is 1.26. The second-order valence-electron chi connectivity index (χ2n) is 4.82. The highest BCUT2D eigenvalue weighted by Crippen LogP contribution is 2.22. The van der Waals surface area contributed by atoms with Gasteiger partial charge in [-0.15, -0.1) is 0 Å². The Bertz CT molecular complexity index is 423. The highest BCUT2D eigenvalue weighted by Gasteiger charge is 2.22. The number of nitrogens with one attached hydrogen (secondary N) is 1. The first kappa shape index (κ1) is 13.1. The largest absolute Gasteiger partial charge is 0.494 e. The number of piperidine rings is 1. The van der Waals surface area contributed by atoms with Crippen LogP contribution in [0.15, 0.2) is 18.2 Å². The van der Waals surface area contributed by atoms with Crippen LogP contribution in [0.2, 0.25) is 0 Å². The molecule has 0 spiro atoms. The van der Waals surface area contributed by atoms with Crippen LogP contribution in [0, 0.1) is 12.8 Å². The third kappa shape index (κ3) is 2.91. The summed E-state index contributed by atoms with van der Waals surface area (Å²) in [4.78, 5) is 12.3. The third-order valence-electron chi connectivity index (χ3n) is 3.43. The van der Waals surface area contributed by atoms with Crippen LogP contribution in [0.4, 0.5) is 0 Å². The van der Waals surface area contributed by atoms with E-state index in [1.54, 1.807) is 0 Å². The maximum absolute atomic E-state index is 12.3. The molecule has 2 rings (SSSR count). The Balaban J connectivity index is 2.12. The summed E-state index contributed by atoms with van der Waals surface area (Å²) in [5.41, 5.74) is 1.84. The Hall–Kier alpha value is -1.35. The van der Waals surface area contributed by atoms with E-state index in [9.17, 15) is 4.79 Å². The van der Waals surface area contributed by atoms with Crippen molar-refractivity contribution in [3.63, 3.8) is 0 Å². The van der Waals surface area contributed by atoms with Gasteiger partial charge in [-0.3, -0.25) is 4.79 Å². The molecule has 98 valence electrons. The van der Waals surface area contributed by atoms with Crippen LogP contribution in [0.1, 0.15) is 35.7 Å². The first-order valence-corrected chi connectivity index (χ1v) is 6.70. The van der Waals surface area contributed by atoms with Crippen molar-refractivity contribution in [1.29, 1.82) is 0 Å². The Morgan fingerprint density at radius 3 is 2.94 bits per heavy atom. The molecular weight excluding hydrogens is 226 g/mol. The van der Waals surface area contributed by atoms with Gasteiger partial charge in [0, 0.05) is 18.0 Å². The molecule has 0 aliphatic carbocycles. The van der Waals surface area contributed by atoms with E-state index in [-0.39, 0.29) is 11.7 Å². The fourth-order valence-corrected chi connectivity index (χ4v) is 2.43. The Morgan fingerprint density at radius 2 is 2.33 bits per heavy atom. The van der Waals surface area contributed by atoms with Gasteiger partial charge in [0.2, 0.25) is 0 Å². The summed E-state index contributed by atoms with van der Waals surface area (Å²) < 4.78 is 5.49. The van der Waals surface area contributed by atoms with Crippen LogP contribution >= 0.6 is 0 Å². The number of rotatable bonds is 4. The van der Waals surface area contributed by atoms with Gasteiger partial charge in [0.15, 0.2) is 5.78 Å². The normalized spacial score (nSPS) is 19.6. The maximum atomic E-state index is 12.3. The zero-order chi connectivity index (χ0) is 13.0. The molecule has 1 atom stereocenters. The molecule has 1 heterocycles. The van der Waals surface area contributed by atoms with Gasteiger partial charge in [0.05, 0.1) is 6.61 Å². The number of aryl methyl sites for hydroxylation is 1. The van der Waals surface area contributed by atoms with Gasteiger partial charge >= 0.3 is 0 Å². The van der Waals surface area contributed by atoms with E-state index in [1.807, 2.05) is 32.0 Å². The summed E-state index contributed by atoms with van der Waals surface area (Å²) in [6, 6.07) is 5.74. The van der Waals surface area contributed by atoms with Crippen molar-refractivity contribution in [3.05, 3.63) is 29.3 Å². The fraction of sp³-hybridized carbons (Fsp3) is 0.533. The van der Waals surface area contributed by atoms with Crippen LogP contribution in [-0.4, -0.2) is 25.5 Å². The minimum atomic E-state index is 0.135. The number of Topliss-reactive ketones (excluding diaryl/α,β-unsaturated/α-hetero) is 1. The van der Waals surface area contributed by atoms with Crippen molar-refractivity contribution in [1.82, 2.24) is 5.32 Å². The molecule has 1 N–H and O–H groups in total. The van der Waals surface area contributed by atoms with Gasteiger partial charge in [-0.1, -0.05) is 0 Å². The summed E-state index contributed by atoms with van der Waals surface area (Å²) in [5, 5.41) is 3.29. The molecule has 1 aromatic rings. The van der Waals surface area contributed by atoms with E-state index >= 15 is 0 Å². The predicted octanol–water partition coefficient (Wildman–Crippen LogP) is 2.58. The van der Waals surface area contributed by atoms with Crippen molar-refractivity contribution in [2.45, 2.75) is 26.7 Å². The summed E-state index contributed by atoms with van der Waals surface area (Å²) in [6.07, 6.45) is 2.09. The van der Waals surface area contributed by atoms with Crippen LogP contribution in [0.3, 0.4) is 0 Å². The summed E-state index contributed by atoms with van der Waals surface area (Å²) in [6.45, 7) is 6.45. The molecule has 1 aliphatic heterocycles. The number of carbonyl (C=O) groups is 1. The average Bonchev–Trinajstić information content (AvgIpc) is 2.41. The minimum absolute atomic E-state index is 0.135. The topological polar surface area (TPSA) is 38.3 Å². The molecule has 0 saturated carbocycles. The molecule has 0 bridgehead atoms. The van der Waals surface area contributed by atoms with Gasteiger partial charge in [0.1, 0.15) is 5.75 Å². The molecule has 0 aromatic heterocycles. The zero-order valence-electron chi connectivity index (χ0n) is 11.2. The van der Waals surface area contributed by atoms with Gasteiger partial charge in [-0.2, -0.15) is 0 Å². The monoisotopic (exact) mass is 247 g/mol. The van der Waals surface area contributed by atoms with Crippen molar-refractivity contribution in [3.8, 4) is 5.75 Å². The second-order valence-corrected chi connectivity index (χ2v) is 4.82. The summed E-state index contributed by atoms with van der Waals surface area (Å²) >= 11 is 0. The molecule has 1 unspecified atom stereocenters. The molecule has 0 amide bonds. The molecule has 1 fully saturated rings. The van der Waals surface area contributed by atoms with Crippen LogP contribution in [0.5, 0.6) is 5.75 Å². The highest BCUT2D eigenvalue weighted by atomic mass is 16.5. The summed E-state index contributed by atoms with van der Waals surface area (Å²) in [7, 11) is 0. The molecule has 3 heteroatoms. The molecule has 18 heavy (non-hydrogen) atoms. The maximum Gasteiger partial charge on any atom is 0.167 e. The van der Waals surface area contributed by atoms with Gasteiger partial charge in [-0.25, -0.2) is 0 Å². The zero-order valence-corrected chi connectivity index (χ0v) is 11.2. The quantitative estimate of drug-likeness (QED) is 0.831. The van der Waals surface area contributed by atoms with Gasteiger partial charge in [0.25, 0.3) is 0 Å². The van der Waals surface area contributed by atoms with Crippen molar-refractivity contribution >= 4 is 5.78 Å². The average molecular weight is 247 g/mol. The predicted molar refractivity (Wildman–Crippen MR) is 72.3 cm³/mol. The van der Waals surface area contributed by atoms with E-state index in [1.165, 1.54) is 0 Å². The first-order valence-electron chi connectivity index (χ1n) is 6.70. The van der Waals surface area contributed by atoms with E-state index in [0.29, 0.717) is 6.61 Å². The lowest BCUT2D eigenvalue weighted by molar-refractivity contribution is 0.0899.